The van der Waals surface area contributed by atoms with Crippen molar-refractivity contribution in [3.63, 3.8) is 0 Å². The molecule has 0 aliphatic heterocycles. The Labute approximate surface area is 186 Å². The zero-order valence-electron chi connectivity index (χ0n) is 18.4. The van der Waals surface area contributed by atoms with E-state index in [2.05, 4.69) is 24.3 Å². The van der Waals surface area contributed by atoms with Gasteiger partial charge in [-0.3, -0.25) is 9.59 Å². The summed E-state index contributed by atoms with van der Waals surface area (Å²) >= 11 is 0. The summed E-state index contributed by atoms with van der Waals surface area (Å²) in [7, 11) is 0. The number of hydrogen-bond acceptors (Lipinski definition) is 5. The van der Waals surface area contributed by atoms with Crippen LogP contribution in [0.3, 0.4) is 0 Å². The number of halogens is 1. The average Bonchev–Trinajstić information content (AvgIpc) is 3.01. The van der Waals surface area contributed by atoms with Crippen molar-refractivity contribution < 1.29 is 14.4 Å². The molecule has 1 amide bonds. The Morgan fingerprint density at radius 3 is 2.73 bits per heavy atom. The van der Waals surface area contributed by atoms with E-state index in [0.29, 0.717) is 48.5 Å². The number of nitrogens with two attached hydrogens (primary N) is 1. The molecule has 7 heteroatoms. The molecule has 4 rings (SSSR count). The van der Waals surface area contributed by atoms with Gasteiger partial charge in [-0.05, 0) is 80.0 Å². The fraction of sp³-hybridized carbons (Fsp3) is 0.870. The number of Topliss-reactive ketones (excluding diaryl/α,β-unsaturated/α-hetero) is 1. The SMILES string of the molecule is C[C@]12CC/C(=N/OCCN)CC1[C@@H](CNC=O)C[C@@H]1[C@@H]2CC[C@]2(C)C(=O)CC[C@@H]12.Cl. The molecule has 4 aliphatic carbocycles. The average molecular weight is 440 g/mol. The first-order valence-corrected chi connectivity index (χ1v) is 11.5. The normalized spacial score (nSPS) is 43.8. The molecule has 0 spiro atoms. The summed E-state index contributed by atoms with van der Waals surface area (Å²) < 4.78 is 0. The molecule has 4 fully saturated rings. The zero-order valence-corrected chi connectivity index (χ0v) is 19.2. The number of carbonyl (C=O) groups excluding carboxylic acids is 2. The van der Waals surface area contributed by atoms with Crippen LogP contribution >= 0.6 is 12.4 Å². The van der Waals surface area contributed by atoms with Crippen LogP contribution < -0.4 is 11.1 Å². The number of oxime groups is 1. The second-order valence-electron chi connectivity index (χ2n) is 10.4. The predicted molar refractivity (Wildman–Crippen MR) is 119 cm³/mol. The van der Waals surface area contributed by atoms with Gasteiger partial charge < -0.3 is 15.9 Å². The first-order valence-electron chi connectivity index (χ1n) is 11.5. The molecule has 0 aromatic rings. The van der Waals surface area contributed by atoms with Crippen LogP contribution in [0, 0.1) is 40.4 Å². The first-order chi connectivity index (χ1) is 13.9. The molecule has 3 N–H and O–H groups in total. The zero-order chi connectivity index (χ0) is 20.6. The topological polar surface area (TPSA) is 93.8 Å². The van der Waals surface area contributed by atoms with Gasteiger partial charge in [0.25, 0.3) is 0 Å². The molecule has 0 aromatic heterocycles. The van der Waals surface area contributed by atoms with E-state index in [1.54, 1.807) is 0 Å². The fourth-order valence-electron chi connectivity index (χ4n) is 7.77. The van der Waals surface area contributed by atoms with Gasteiger partial charge in [0.15, 0.2) is 0 Å². The lowest BCUT2D eigenvalue weighted by atomic mass is 9.43. The minimum Gasteiger partial charge on any atom is -0.395 e. The van der Waals surface area contributed by atoms with Crippen LogP contribution in [0.1, 0.15) is 65.2 Å². The van der Waals surface area contributed by atoms with Crippen molar-refractivity contribution in [1.29, 1.82) is 0 Å². The molecule has 4 saturated carbocycles. The summed E-state index contributed by atoms with van der Waals surface area (Å²) in [5, 5.41) is 7.36. The summed E-state index contributed by atoms with van der Waals surface area (Å²) in [6.45, 7) is 6.38. The standard InChI is InChI=1S/C23H37N3O3.ClH/c1-22-7-5-16(26-29-10-9-24)12-20(22)15(13-25-14-27)11-17-18-3-4-21(28)23(18,2)8-6-19(17)22;/h14-15,17-20H,3-13,24H2,1-2H3,(H,25,27);1H/b26-16-;/t15-,17+,18+,19+,20?,22-,23+;/m1./s1. The molecular weight excluding hydrogens is 402 g/mol. The van der Waals surface area contributed by atoms with Gasteiger partial charge in [0.05, 0.1) is 5.71 Å². The molecule has 0 heterocycles. The molecule has 4 aliphatic rings. The second kappa shape index (κ2) is 9.15. The number of ketones is 1. The van der Waals surface area contributed by atoms with Gasteiger partial charge in [-0.1, -0.05) is 19.0 Å². The lowest BCUT2D eigenvalue weighted by molar-refractivity contribution is -0.142. The Bertz CT molecular complexity index is 687. The quantitative estimate of drug-likeness (QED) is 0.377. The van der Waals surface area contributed by atoms with Crippen molar-refractivity contribution in [3.05, 3.63) is 0 Å². The van der Waals surface area contributed by atoms with Crippen molar-refractivity contribution in [3.8, 4) is 0 Å². The van der Waals surface area contributed by atoms with Crippen LogP contribution in [0.4, 0.5) is 0 Å². The van der Waals surface area contributed by atoms with Crippen molar-refractivity contribution >= 4 is 30.3 Å². The Kier molecular flexibility index (Phi) is 7.18. The molecule has 0 bridgehead atoms. The number of fused-ring (bicyclic) bond motifs is 5. The lowest BCUT2D eigenvalue weighted by Crippen LogP contribution is -2.57. The Hall–Kier alpha value is -1.14. The second-order valence-corrected chi connectivity index (χ2v) is 10.4. The van der Waals surface area contributed by atoms with E-state index in [-0.39, 0.29) is 23.2 Å². The summed E-state index contributed by atoms with van der Waals surface area (Å²) in [6, 6.07) is 0. The van der Waals surface area contributed by atoms with E-state index in [4.69, 9.17) is 10.6 Å². The highest BCUT2D eigenvalue weighted by Crippen LogP contribution is 2.66. The van der Waals surface area contributed by atoms with Gasteiger partial charge in [-0.15, -0.1) is 12.4 Å². The summed E-state index contributed by atoms with van der Waals surface area (Å²) in [5.41, 5.74) is 6.81. The number of amides is 1. The molecule has 0 aromatic carbocycles. The first kappa shape index (κ1) is 23.5. The molecule has 30 heavy (non-hydrogen) atoms. The summed E-state index contributed by atoms with van der Waals surface area (Å²) in [5.74, 6) is 3.23. The highest BCUT2D eigenvalue weighted by molar-refractivity contribution is 5.87. The minimum atomic E-state index is -0.107. The van der Waals surface area contributed by atoms with Gasteiger partial charge in [-0.2, -0.15) is 0 Å². The fourth-order valence-corrected chi connectivity index (χ4v) is 7.77. The highest BCUT2D eigenvalue weighted by Gasteiger charge is 2.61. The van der Waals surface area contributed by atoms with Crippen molar-refractivity contribution in [2.24, 2.45) is 51.3 Å². The molecule has 0 saturated heterocycles. The van der Waals surface area contributed by atoms with Crippen LogP contribution in [0.2, 0.25) is 0 Å². The third kappa shape index (κ3) is 3.79. The van der Waals surface area contributed by atoms with Crippen LogP contribution in [0.5, 0.6) is 0 Å². The van der Waals surface area contributed by atoms with Gasteiger partial charge in [0.1, 0.15) is 12.4 Å². The Balaban J connectivity index is 0.00000256. The maximum Gasteiger partial charge on any atom is 0.207 e. The summed E-state index contributed by atoms with van der Waals surface area (Å²) in [4.78, 5) is 29.2. The van der Waals surface area contributed by atoms with Gasteiger partial charge in [-0.25, -0.2) is 0 Å². The molecule has 6 nitrogen and oxygen atoms in total. The van der Waals surface area contributed by atoms with Crippen molar-refractivity contribution in [2.75, 3.05) is 19.7 Å². The third-order valence-electron chi connectivity index (χ3n) is 9.26. The Morgan fingerprint density at radius 1 is 1.20 bits per heavy atom. The molecule has 0 radical (unpaired) electrons. The smallest absolute Gasteiger partial charge is 0.207 e. The predicted octanol–water partition coefficient (Wildman–Crippen LogP) is 3.32. The van der Waals surface area contributed by atoms with Gasteiger partial charge in [0, 0.05) is 24.9 Å². The van der Waals surface area contributed by atoms with Crippen LogP contribution in [0.25, 0.3) is 0 Å². The third-order valence-corrected chi connectivity index (χ3v) is 9.26. The van der Waals surface area contributed by atoms with E-state index in [1.807, 2.05) is 0 Å². The number of nitrogens with one attached hydrogen (secondary N) is 1. The van der Waals surface area contributed by atoms with Crippen LogP contribution in [0.15, 0.2) is 5.16 Å². The van der Waals surface area contributed by atoms with Crippen molar-refractivity contribution in [2.45, 2.75) is 65.2 Å². The van der Waals surface area contributed by atoms with Gasteiger partial charge >= 0.3 is 0 Å². The maximum absolute atomic E-state index is 12.7. The van der Waals surface area contributed by atoms with E-state index in [9.17, 15) is 9.59 Å². The largest absolute Gasteiger partial charge is 0.395 e. The van der Waals surface area contributed by atoms with Gasteiger partial charge in [0.2, 0.25) is 6.41 Å². The summed E-state index contributed by atoms with van der Waals surface area (Å²) in [6.07, 6.45) is 9.05. The van der Waals surface area contributed by atoms with Crippen LogP contribution in [-0.2, 0) is 14.4 Å². The molecule has 170 valence electrons. The molecule has 7 atom stereocenters. The number of rotatable bonds is 6. The number of carbonyl (C=O) groups is 2. The highest BCUT2D eigenvalue weighted by atomic mass is 35.5. The van der Waals surface area contributed by atoms with E-state index in [1.165, 1.54) is 6.42 Å². The molecular formula is C23H38ClN3O3. The monoisotopic (exact) mass is 439 g/mol. The lowest BCUT2D eigenvalue weighted by Gasteiger charge is -2.61. The molecule has 1 unspecified atom stereocenters. The van der Waals surface area contributed by atoms with Crippen LogP contribution in [-0.4, -0.2) is 37.6 Å². The maximum atomic E-state index is 12.7. The van der Waals surface area contributed by atoms with E-state index in [0.717, 1.165) is 63.6 Å². The van der Waals surface area contributed by atoms with E-state index >= 15 is 0 Å². The number of hydrogen-bond donors (Lipinski definition) is 2. The Morgan fingerprint density at radius 2 is 2.00 bits per heavy atom. The minimum absolute atomic E-state index is 0. The van der Waals surface area contributed by atoms with E-state index < -0.39 is 0 Å². The van der Waals surface area contributed by atoms with Crippen molar-refractivity contribution in [1.82, 2.24) is 5.32 Å². The number of nitrogens with zero attached hydrogens (tertiary/aromatic N) is 1.